The molecule has 0 saturated heterocycles. The number of carbonyl (C=O) groups is 1. The number of benzene rings is 1. The van der Waals surface area contributed by atoms with Crippen LogP contribution in [0.3, 0.4) is 0 Å². The molecule has 2 aromatic rings. The van der Waals surface area contributed by atoms with E-state index in [2.05, 4.69) is 10.3 Å². The van der Waals surface area contributed by atoms with Gasteiger partial charge in [-0.25, -0.2) is 4.98 Å². The highest BCUT2D eigenvalue weighted by Crippen LogP contribution is 2.34. The maximum Gasteiger partial charge on any atom is 0.417 e. The molecule has 2 rings (SSSR count). The molecule has 0 aliphatic carbocycles. The van der Waals surface area contributed by atoms with Crippen molar-refractivity contribution in [2.45, 2.75) is 6.18 Å². The number of hydrogen-bond acceptors (Lipinski definition) is 3. The summed E-state index contributed by atoms with van der Waals surface area (Å²) in [5, 5.41) is 2.18. The standard InChI is InChI=1S/C14H10ClF3N2O2/c1-22-9-4-5-19-12(7-9)20-13(21)10-3-2-8(15)6-11(10)14(16,17)18/h2-7H,1H3,(H,19,20,21). The molecule has 1 amide bonds. The second kappa shape index (κ2) is 6.23. The first-order valence-electron chi connectivity index (χ1n) is 5.99. The third-order valence-corrected chi connectivity index (χ3v) is 2.98. The van der Waals surface area contributed by atoms with E-state index in [9.17, 15) is 18.0 Å². The quantitative estimate of drug-likeness (QED) is 0.925. The Labute approximate surface area is 128 Å². The summed E-state index contributed by atoms with van der Waals surface area (Å²) in [5.74, 6) is -0.449. The van der Waals surface area contributed by atoms with E-state index < -0.39 is 23.2 Å². The number of methoxy groups -OCH3 is 1. The molecule has 0 aliphatic rings. The van der Waals surface area contributed by atoms with E-state index in [-0.39, 0.29) is 10.8 Å². The van der Waals surface area contributed by atoms with Crippen molar-refractivity contribution in [3.63, 3.8) is 0 Å². The molecule has 0 saturated carbocycles. The Bertz CT molecular complexity index is 705. The van der Waals surface area contributed by atoms with Crippen LogP contribution < -0.4 is 10.1 Å². The first kappa shape index (κ1) is 16.1. The Kier molecular flexibility index (Phi) is 4.56. The minimum Gasteiger partial charge on any atom is -0.497 e. The van der Waals surface area contributed by atoms with Gasteiger partial charge >= 0.3 is 6.18 Å². The minimum atomic E-state index is -4.70. The van der Waals surface area contributed by atoms with Gasteiger partial charge in [-0.2, -0.15) is 13.2 Å². The average Bonchev–Trinajstić information content (AvgIpc) is 2.46. The summed E-state index contributed by atoms with van der Waals surface area (Å²) in [6.07, 6.45) is -3.33. The summed E-state index contributed by atoms with van der Waals surface area (Å²) in [4.78, 5) is 15.9. The van der Waals surface area contributed by atoms with Crippen molar-refractivity contribution in [1.29, 1.82) is 0 Å². The van der Waals surface area contributed by atoms with E-state index in [1.807, 2.05) is 0 Å². The number of carbonyl (C=O) groups excluding carboxylic acids is 1. The number of alkyl halides is 3. The number of amides is 1. The Morgan fingerprint density at radius 2 is 2.00 bits per heavy atom. The van der Waals surface area contributed by atoms with Crippen LogP contribution >= 0.6 is 11.6 Å². The van der Waals surface area contributed by atoms with Gasteiger partial charge in [0.25, 0.3) is 5.91 Å². The molecule has 1 heterocycles. The van der Waals surface area contributed by atoms with Crippen LogP contribution in [0.1, 0.15) is 15.9 Å². The maximum absolute atomic E-state index is 13.0. The number of rotatable bonds is 3. The van der Waals surface area contributed by atoms with Gasteiger partial charge in [0.2, 0.25) is 0 Å². The topological polar surface area (TPSA) is 51.2 Å². The Morgan fingerprint density at radius 1 is 1.27 bits per heavy atom. The van der Waals surface area contributed by atoms with Crippen LogP contribution in [-0.4, -0.2) is 18.0 Å². The lowest BCUT2D eigenvalue weighted by Gasteiger charge is -2.13. The van der Waals surface area contributed by atoms with Gasteiger partial charge in [-0.1, -0.05) is 11.6 Å². The maximum atomic E-state index is 13.0. The zero-order valence-corrected chi connectivity index (χ0v) is 12.0. The first-order valence-corrected chi connectivity index (χ1v) is 6.37. The number of anilines is 1. The Hall–Kier alpha value is -2.28. The summed E-state index contributed by atoms with van der Waals surface area (Å²) < 4.78 is 43.9. The Balaban J connectivity index is 2.33. The van der Waals surface area contributed by atoms with Gasteiger partial charge in [-0.3, -0.25) is 4.79 Å². The molecule has 116 valence electrons. The van der Waals surface area contributed by atoms with Gasteiger partial charge in [0.05, 0.1) is 18.2 Å². The number of pyridine rings is 1. The van der Waals surface area contributed by atoms with Crippen LogP contribution in [0.15, 0.2) is 36.5 Å². The van der Waals surface area contributed by atoms with Crippen LogP contribution in [0.25, 0.3) is 0 Å². The van der Waals surface area contributed by atoms with Crippen molar-refractivity contribution in [1.82, 2.24) is 4.98 Å². The van der Waals surface area contributed by atoms with E-state index in [0.717, 1.165) is 6.07 Å². The van der Waals surface area contributed by atoms with Crippen LogP contribution in [0.5, 0.6) is 5.75 Å². The van der Waals surface area contributed by atoms with Crippen molar-refractivity contribution in [3.8, 4) is 5.75 Å². The molecular weight excluding hydrogens is 321 g/mol. The molecule has 0 bridgehead atoms. The highest BCUT2D eigenvalue weighted by molar-refractivity contribution is 6.30. The molecule has 4 nitrogen and oxygen atoms in total. The van der Waals surface area contributed by atoms with Gasteiger partial charge in [-0.15, -0.1) is 0 Å². The fourth-order valence-electron chi connectivity index (χ4n) is 1.74. The number of ether oxygens (including phenoxy) is 1. The van der Waals surface area contributed by atoms with Crippen molar-refractivity contribution >= 4 is 23.3 Å². The molecule has 0 fully saturated rings. The number of nitrogens with zero attached hydrogens (tertiary/aromatic N) is 1. The SMILES string of the molecule is COc1ccnc(NC(=O)c2ccc(Cl)cc2C(F)(F)F)c1. The van der Waals surface area contributed by atoms with Gasteiger partial charge in [0.1, 0.15) is 11.6 Å². The van der Waals surface area contributed by atoms with Gasteiger partial charge in [-0.05, 0) is 24.3 Å². The lowest BCUT2D eigenvalue weighted by molar-refractivity contribution is -0.137. The molecule has 0 radical (unpaired) electrons. The van der Waals surface area contributed by atoms with Gasteiger partial charge in [0, 0.05) is 17.3 Å². The third kappa shape index (κ3) is 3.67. The van der Waals surface area contributed by atoms with Gasteiger partial charge in [0.15, 0.2) is 0 Å². The highest BCUT2D eigenvalue weighted by Gasteiger charge is 2.35. The molecule has 22 heavy (non-hydrogen) atoms. The molecular formula is C14H10ClF3N2O2. The van der Waals surface area contributed by atoms with Gasteiger partial charge < -0.3 is 10.1 Å². The predicted molar refractivity (Wildman–Crippen MR) is 75.2 cm³/mol. The third-order valence-electron chi connectivity index (χ3n) is 2.74. The predicted octanol–water partition coefficient (Wildman–Crippen LogP) is 4.01. The lowest BCUT2D eigenvalue weighted by Crippen LogP contribution is -2.19. The summed E-state index contributed by atoms with van der Waals surface area (Å²) >= 11 is 5.57. The average molecular weight is 331 g/mol. The van der Waals surface area contributed by atoms with Crippen molar-refractivity contribution in [3.05, 3.63) is 52.7 Å². The molecule has 1 aromatic carbocycles. The smallest absolute Gasteiger partial charge is 0.417 e. The molecule has 0 spiro atoms. The van der Waals surface area contributed by atoms with E-state index in [1.165, 1.54) is 25.4 Å². The largest absolute Gasteiger partial charge is 0.497 e. The first-order chi connectivity index (χ1) is 10.3. The molecule has 1 aromatic heterocycles. The Morgan fingerprint density at radius 3 is 2.64 bits per heavy atom. The number of hydrogen-bond donors (Lipinski definition) is 1. The van der Waals surface area contributed by atoms with Crippen molar-refractivity contribution < 1.29 is 22.7 Å². The van der Waals surface area contributed by atoms with E-state index in [0.29, 0.717) is 11.8 Å². The molecule has 0 aliphatic heterocycles. The van der Waals surface area contributed by atoms with E-state index in [4.69, 9.17) is 16.3 Å². The zero-order valence-electron chi connectivity index (χ0n) is 11.2. The normalized spacial score (nSPS) is 11.1. The fraction of sp³-hybridized carbons (Fsp3) is 0.143. The van der Waals surface area contributed by atoms with Crippen molar-refractivity contribution in [2.24, 2.45) is 0 Å². The summed E-state index contributed by atoms with van der Waals surface area (Å²) in [6.45, 7) is 0. The molecule has 0 atom stereocenters. The van der Waals surface area contributed by atoms with Crippen LogP contribution in [-0.2, 0) is 6.18 Å². The fourth-order valence-corrected chi connectivity index (χ4v) is 1.91. The monoisotopic (exact) mass is 330 g/mol. The van der Waals surface area contributed by atoms with E-state index >= 15 is 0 Å². The summed E-state index contributed by atoms with van der Waals surface area (Å²) in [7, 11) is 1.42. The van der Waals surface area contributed by atoms with E-state index in [1.54, 1.807) is 6.07 Å². The zero-order chi connectivity index (χ0) is 16.3. The molecule has 0 unspecified atom stereocenters. The van der Waals surface area contributed by atoms with Crippen LogP contribution in [0.2, 0.25) is 5.02 Å². The molecule has 1 N–H and O–H groups in total. The minimum absolute atomic E-state index is 0.0763. The number of aromatic nitrogens is 1. The number of nitrogens with one attached hydrogen (secondary N) is 1. The molecule has 8 heteroatoms. The van der Waals surface area contributed by atoms with Crippen LogP contribution in [0.4, 0.5) is 19.0 Å². The highest BCUT2D eigenvalue weighted by atomic mass is 35.5. The summed E-state index contributed by atoms with van der Waals surface area (Å²) in [5.41, 5.74) is -1.65. The summed E-state index contributed by atoms with van der Waals surface area (Å²) in [6, 6.07) is 5.86. The lowest BCUT2D eigenvalue weighted by atomic mass is 10.1. The van der Waals surface area contributed by atoms with Crippen LogP contribution in [0, 0.1) is 0 Å². The number of halogens is 4. The second-order valence-electron chi connectivity index (χ2n) is 4.22. The second-order valence-corrected chi connectivity index (χ2v) is 4.66. The van der Waals surface area contributed by atoms with Crippen molar-refractivity contribution in [2.75, 3.05) is 12.4 Å².